The van der Waals surface area contributed by atoms with Crippen LogP contribution in [0.25, 0.3) is 0 Å². The number of ether oxygens (including phenoxy) is 4. The summed E-state index contributed by atoms with van der Waals surface area (Å²) in [5.74, 6) is 1.16. The van der Waals surface area contributed by atoms with E-state index < -0.39 is 23.6 Å². The molecule has 0 aliphatic heterocycles. The Bertz CT molecular complexity index is 1040. The van der Waals surface area contributed by atoms with Gasteiger partial charge in [-0.25, -0.2) is 9.59 Å². The van der Waals surface area contributed by atoms with Gasteiger partial charge in [0.15, 0.2) is 0 Å². The molecule has 2 aromatic carbocycles. The van der Waals surface area contributed by atoms with E-state index in [1.54, 1.807) is 70.2 Å². The normalized spacial score (nSPS) is 13.8. The lowest BCUT2D eigenvalue weighted by molar-refractivity contribution is -0.133. The summed E-state index contributed by atoms with van der Waals surface area (Å²) in [5, 5.41) is 5.24. The van der Waals surface area contributed by atoms with Crippen molar-refractivity contribution in [3.63, 3.8) is 0 Å². The molecule has 9 heteroatoms. The minimum atomic E-state index is -0.589. The maximum atomic E-state index is 12.4. The van der Waals surface area contributed by atoms with Gasteiger partial charge in [0.2, 0.25) is 0 Å². The number of hydrogen-bond donors (Lipinski definition) is 2. The number of hydrogen-bond acceptors (Lipinski definition) is 7. The van der Waals surface area contributed by atoms with E-state index >= 15 is 0 Å². The van der Waals surface area contributed by atoms with Gasteiger partial charge in [0.25, 0.3) is 5.91 Å². The van der Waals surface area contributed by atoms with Crippen LogP contribution in [0.5, 0.6) is 17.2 Å². The van der Waals surface area contributed by atoms with E-state index in [0.29, 0.717) is 35.3 Å². The fourth-order valence-electron chi connectivity index (χ4n) is 3.02. The summed E-state index contributed by atoms with van der Waals surface area (Å²) in [4.78, 5) is 36.3. The molecule has 1 atom stereocenters. The molecule has 2 N–H and O–H groups in total. The molecular weight excluding hydrogens is 464 g/mol. The lowest BCUT2D eigenvalue weighted by Crippen LogP contribution is -2.40. The van der Waals surface area contributed by atoms with E-state index in [1.807, 2.05) is 6.07 Å². The van der Waals surface area contributed by atoms with Crippen molar-refractivity contribution >= 4 is 18.0 Å². The predicted molar refractivity (Wildman–Crippen MR) is 133 cm³/mol. The highest BCUT2D eigenvalue weighted by Gasteiger charge is 2.22. The van der Waals surface area contributed by atoms with E-state index in [4.69, 9.17) is 18.9 Å². The van der Waals surface area contributed by atoms with Crippen molar-refractivity contribution in [3.05, 3.63) is 54.1 Å². The zero-order chi connectivity index (χ0) is 26.1. The Balaban J connectivity index is 1.38. The lowest BCUT2D eigenvalue weighted by atomic mass is 10.2. The maximum Gasteiger partial charge on any atom is 0.407 e. The van der Waals surface area contributed by atoms with E-state index in [-0.39, 0.29) is 19.2 Å². The molecule has 194 valence electrons. The molecule has 36 heavy (non-hydrogen) atoms. The summed E-state index contributed by atoms with van der Waals surface area (Å²) in [6.45, 7) is 7.78. The van der Waals surface area contributed by atoms with Crippen LogP contribution in [0.2, 0.25) is 0 Å². The van der Waals surface area contributed by atoms with Gasteiger partial charge in [-0.1, -0.05) is 6.07 Å². The van der Waals surface area contributed by atoms with Gasteiger partial charge < -0.3 is 29.6 Å². The van der Waals surface area contributed by atoms with Crippen LogP contribution in [0, 0.1) is 5.92 Å². The number of esters is 1. The summed E-state index contributed by atoms with van der Waals surface area (Å²) >= 11 is 0. The fraction of sp³-hybridized carbons (Fsp3) is 0.444. The second-order valence-corrected chi connectivity index (χ2v) is 9.77. The zero-order valence-corrected chi connectivity index (χ0v) is 21.2. The third kappa shape index (κ3) is 9.85. The van der Waals surface area contributed by atoms with E-state index in [0.717, 1.165) is 0 Å². The lowest BCUT2D eigenvalue weighted by Gasteiger charge is -2.22. The van der Waals surface area contributed by atoms with Crippen LogP contribution in [-0.2, 0) is 9.53 Å². The maximum absolute atomic E-state index is 12.4. The van der Waals surface area contributed by atoms with Gasteiger partial charge in [-0.15, -0.1) is 0 Å². The van der Waals surface area contributed by atoms with Crippen LogP contribution in [-0.4, -0.2) is 49.4 Å². The van der Waals surface area contributed by atoms with Gasteiger partial charge in [-0.05, 0) is 82.9 Å². The Morgan fingerprint density at radius 1 is 0.972 bits per heavy atom. The number of carbonyl (C=O) groups excluding carboxylic acids is 3. The molecule has 0 heterocycles. The second-order valence-electron chi connectivity index (χ2n) is 9.77. The number of rotatable bonds is 11. The third-order valence-electron chi connectivity index (χ3n) is 4.99. The summed E-state index contributed by atoms with van der Waals surface area (Å²) in [5.41, 5.74) is -0.210. The smallest absolute Gasteiger partial charge is 0.407 e. The predicted octanol–water partition coefficient (Wildman–Crippen LogP) is 4.10. The summed E-state index contributed by atoms with van der Waals surface area (Å²) < 4.78 is 21.9. The molecule has 0 saturated heterocycles. The Kier molecular flexibility index (Phi) is 9.16. The molecule has 1 aliphatic rings. The summed E-state index contributed by atoms with van der Waals surface area (Å²) in [7, 11) is 0. The van der Waals surface area contributed by atoms with Crippen molar-refractivity contribution in [3.8, 4) is 17.2 Å². The van der Waals surface area contributed by atoms with Crippen LogP contribution in [0.1, 0.15) is 50.9 Å². The van der Waals surface area contributed by atoms with Crippen LogP contribution in [0.15, 0.2) is 48.5 Å². The average molecular weight is 499 g/mol. The van der Waals surface area contributed by atoms with Crippen LogP contribution in [0.4, 0.5) is 4.79 Å². The topological polar surface area (TPSA) is 112 Å². The minimum Gasteiger partial charge on any atom is -0.493 e. The Hall–Kier alpha value is -3.75. The zero-order valence-electron chi connectivity index (χ0n) is 21.2. The molecule has 2 amide bonds. The molecule has 1 saturated carbocycles. The highest BCUT2D eigenvalue weighted by atomic mass is 16.6. The van der Waals surface area contributed by atoms with Crippen molar-refractivity contribution in [1.29, 1.82) is 0 Å². The molecule has 2 aromatic rings. The largest absolute Gasteiger partial charge is 0.493 e. The molecule has 0 spiro atoms. The first kappa shape index (κ1) is 26.8. The number of nitrogens with one attached hydrogen (secondary N) is 2. The average Bonchev–Trinajstić information content (AvgIpc) is 3.64. The highest BCUT2D eigenvalue weighted by molar-refractivity contribution is 5.96. The molecule has 1 fully saturated rings. The first-order chi connectivity index (χ1) is 17.1. The second kappa shape index (κ2) is 12.3. The van der Waals surface area contributed by atoms with Crippen LogP contribution in [0.3, 0.4) is 0 Å². The minimum absolute atomic E-state index is 0.226. The molecular formula is C27H34N2O7. The Morgan fingerprint density at radius 2 is 1.67 bits per heavy atom. The van der Waals surface area contributed by atoms with Gasteiger partial charge in [-0.3, -0.25) is 4.79 Å². The van der Waals surface area contributed by atoms with Crippen molar-refractivity contribution in [2.45, 2.75) is 52.2 Å². The first-order valence-corrected chi connectivity index (χ1v) is 12.0. The van der Waals surface area contributed by atoms with Gasteiger partial charge in [-0.2, -0.15) is 0 Å². The number of amides is 2. The monoisotopic (exact) mass is 498 g/mol. The van der Waals surface area contributed by atoms with Gasteiger partial charge >= 0.3 is 12.1 Å². The van der Waals surface area contributed by atoms with Crippen molar-refractivity contribution < 1.29 is 33.3 Å². The Labute approximate surface area is 211 Å². The molecule has 0 bridgehead atoms. The number of alkyl carbamates (subject to hydrolysis) is 1. The quantitative estimate of drug-likeness (QED) is 0.354. The van der Waals surface area contributed by atoms with E-state index in [2.05, 4.69) is 10.6 Å². The number of benzene rings is 2. The van der Waals surface area contributed by atoms with Crippen molar-refractivity contribution in [2.24, 2.45) is 5.92 Å². The Morgan fingerprint density at radius 3 is 2.33 bits per heavy atom. The van der Waals surface area contributed by atoms with Crippen LogP contribution >= 0.6 is 0 Å². The van der Waals surface area contributed by atoms with Gasteiger partial charge in [0, 0.05) is 11.6 Å². The molecule has 0 aromatic heterocycles. The molecule has 1 aliphatic carbocycles. The molecule has 1 unspecified atom stereocenters. The van der Waals surface area contributed by atoms with E-state index in [9.17, 15) is 14.4 Å². The van der Waals surface area contributed by atoms with Crippen molar-refractivity contribution in [1.82, 2.24) is 10.6 Å². The van der Waals surface area contributed by atoms with Crippen molar-refractivity contribution in [2.75, 3.05) is 19.8 Å². The first-order valence-electron chi connectivity index (χ1n) is 12.0. The number of carbonyl (C=O) groups is 3. The van der Waals surface area contributed by atoms with Crippen LogP contribution < -0.4 is 24.8 Å². The fourth-order valence-corrected chi connectivity index (χ4v) is 3.02. The van der Waals surface area contributed by atoms with Gasteiger partial charge in [0.05, 0.1) is 12.6 Å². The molecule has 9 nitrogen and oxygen atoms in total. The van der Waals surface area contributed by atoms with Gasteiger partial charge in [0.1, 0.15) is 36.0 Å². The SMILES string of the molecule is CC(COc1ccc(C(=O)NCC(=O)Oc2cccc(OCC3CC3)c2)cc1)NC(=O)OC(C)(C)C. The standard InChI is InChI=1S/C27H34N2O7/c1-18(29-26(32)36-27(2,3)4)16-33-21-12-10-20(11-13-21)25(31)28-15-24(30)35-23-7-5-6-22(14-23)34-17-19-8-9-19/h5-7,10-14,18-19H,8-9,15-17H2,1-4H3,(H,28,31)(H,29,32). The molecule has 0 radical (unpaired) electrons. The summed E-state index contributed by atoms with van der Waals surface area (Å²) in [6, 6.07) is 13.1. The summed E-state index contributed by atoms with van der Waals surface area (Å²) in [6.07, 6.45) is 1.87. The molecule has 3 rings (SSSR count). The third-order valence-corrected chi connectivity index (χ3v) is 4.99. The van der Waals surface area contributed by atoms with E-state index in [1.165, 1.54) is 12.8 Å². The highest BCUT2D eigenvalue weighted by Crippen LogP contribution is 2.30.